The van der Waals surface area contributed by atoms with Crippen LogP contribution in [0.1, 0.15) is 74.7 Å². The van der Waals surface area contributed by atoms with E-state index < -0.39 is 83.7 Å². The number of hydrogen-bond acceptors (Lipinski definition) is 12. The fraction of sp³-hybridized carbons (Fsp3) is 0.853. The molecule has 2 aliphatic heterocycles. The second-order valence-electron chi connectivity index (χ2n) is 14.1. The number of ether oxygens (including phenoxy) is 5. The second kappa shape index (κ2) is 17.0. The van der Waals surface area contributed by atoms with Crippen molar-refractivity contribution < 1.29 is 53.4 Å². The molecule has 1 amide bonds. The molecule has 13 heteroatoms. The fourth-order valence-corrected chi connectivity index (χ4v) is 7.10. The number of esters is 1. The van der Waals surface area contributed by atoms with E-state index >= 15 is 0 Å². The molecule has 2 aliphatic rings. The Labute approximate surface area is 280 Å². The smallest absolute Gasteiger partial charge is 0.407 e. The van der Waals surface area contributed by atoms with Crippen molar-refractivity contribution in [3.05, 3.63) is 12.7 Å². The number of methoxy groups -OCH3 is 1. The van der Waals surface area contributed by atoms with E-state index in [1.54, 1.807) is 34.6 Å². The maximum Gasteiger partial charge on any atom is 0.407 e. The highest BCUT2D eigenvalue weighted by Gasteiger charge is 2.52. The van der Waals surface area contributed by atoms with Gasteiger partial charge in [-0.05, 0) is 61.1 Å². The normalized spacial score (nSPS) is 42.7. The van der Waals surface area contributed by atoms with Crippen molar-refractivity contribution in [3.63, 3.8) is 0 Å². The standard InChI is InChI=1S/C34H60N2O11/c1-13-15-35-32(41)46-27-21(6)29(47-31-26(38)23(36(10)11)16-19(4)44-31)33(8,43-12)17-18(3)25(37)20(5)28(39)34(9,42)24(14-2)45-30(40)22(27)7/h13,18-24,26-29,31,38-39,42H,1,14-17H2,2-12H3,(H,35,41)/t18-,19-,20+,21+,22-,23+,24-,26-,27+,28-,29-,31+,33-,34-/m1/s1. The first kappa shape index (κ1) is 41.0. The first-order valence-electron chi connectivity index (χ1n) is 16.7. The van der Waals surface area contributed by atoms with E-state index in [0.717, 1.165) is 0 Å². The van der Waals surface area contributed by atoms with Crippen LogP contribution in [0.3, 0.4) is 0 Å². The lowest BCUT2D eigenvalue weighted by atomic mass is 9.74. The molecule has 0 saturated carbocycles. The van der Waals surface area contributed by atoms with Gasteiger partial charge in [-0.3, -0.25) is 9.59 Å². The van der Waals surface area contributed by atoms with Crippen LogP contribution >= 0.6 is 0 Å². The second-order valence-corrected chi connectivity index (χ2v) is 14.1. The van der Waals surface area contributed by atoms with E-state index in [1.165, 1.54) is 27.0 Å². The monoisotopic (exact) mass is 672 g/mol. The molecule has 2 heterocycles. The van der Waals surface area contributed by atoms with Gasteiger partial charge in [0.25, 0.3) is 0 Å². The Morgan fingerprint density at radius 3 is 2.28 bits per heavy atom. The molecule has 0 aromatic carbocycles. The minimum atomic E-state index is -1.98. The number of aliphatic hydroxyl groups is 3. The number of likely N-dealkylation sites (N-methyl/N-ethyl adjacent to an activating group) is 1. The first-order chi connectivity index (χ1) is 21.8. The molecule has 0 aromatic rings. The van der Waals surface area contributed by atoms with Gasteiger partial charge in [-0.1, -0.05) is 33.8 Å². The van der Waals surface area contributed by atoms with Crippen LogP contribution in [-0.2, 0) is 33.3 Å². The summed E-state index contributed by atoms with van der Waals surface area (Å²) >= 11 is 0. The summed E-state index contributed by atoms with van der Waals surface area (Å²) in [7, 11) is 5.18. The predicted molar refractivity (Wildman–Crippen MR) is 174 cm³/mol. The number of ketones is 1. The average molecular weight is 673 g/mol. The lowest BCUT2D eigenvalue weighted by Gasteiger charge is -2.48. The molecule has 0 aromatic heterocycles. The molecule has 2 saturated heterocycles. The Morgan fingerprint density at radius 2 is 1.74 bits per heavy atom. The quantitative estimate of drug-likeness (QED) is 0.220. The molecular weight excluding hydrogens is 612 g/mol. The number of hydrogen-bond donors (Lipinski definition) is 4. The number of amides is 1. The van der Waals surface area contributed by atoms with E-state index in [0.29, 0.717) is 6.42 Å². The lowest BCUT2D eigenvalue weighted by molar-refractivity contribution is -0.301. The van der Waals surface area contributed by atoms with Crippen molar-refractivity contribution in [3.8, 4) is 0 Å². The molecule has 0 aliphatic carbocycles. The number of alkyl carbamates (subject to hydrolysis) is 1. The molecule has 14 atom stereocenters. The zero-order valence-corrected chi connectivity index (χ0v) is 30.1. The highest BCUT2D eigenvalue weighted by atomic mass is 16.7. The van der Waals surface area contributed by atoms with Gasteiger partial charge in [-0.25, -0.2) is 4.79 Å². The van der Waals surface area contributed by atoms with Gasteiger partial charge in [0, 0.05) is 37.5 Å². The fourth-order valence-electron chi connectivity index (χ4n) is 7.10. The minimum Gasteiger partial charge on any atom is -0.459 e. The number of aliphatic hydroxyl groups excluding tert-OH is 2. The number of nitrogens with zero attached hydrogens (tertiary/aromatic N) is 1. The minimum absolute atomic E-state index is 0.0808. The molecule has 0 bridgehead atoms. The Bertz CT molecular complexity index is 1070. The third-order valence-electron chi connectivity index (χ3n) is 10.1. The number of Topliss-reactive ketones (excluding diaryl/α,β-unsaturated/α-hetero) is 1. The molecule has 2 rings (SSSR count). The summed E-state index contributed by atoms with van der Waals surface area (Å²) in [6, 6.07) is -0.293. The molecule has 0 radical (unpaired) electrons. The lowest BCUT2D eigenvalue weighted by Crippen LogP contribution is -2.60. The van der Waals surface area contributed by atoms with Crippen LogP contribution in [-0.4, -0.2) is 126 Å². The molecule has 272 valence electrons. The van der Waals surface area contributed by atoms with Crippen LogP contribution in [0.15, 0.2) is 12.7 Å². The van der Waals surface area contributed by atoms with Crippen molar-refractivity contribution in [1.29, 1.82) is 0 Å². The van der Waals surface area contributed by atoms with Gasteiger partial charge in [0.1, 0.15) is 29.7 Å². The maximum absolute atomic E-state index is 13.8. The summed E-state index contributed by atoms with van der Waals surface area (Å²) in [5.74, 6) is -4.78. The Kier molecular flexibility index (Phi) is 14.8. The molecule has 47 heavy (non-hydrogen) atoms. The zero-order chi connectivity index (χ0) is 36.0. The molecule has 0 unspecified atom stereocenters. The number of carbonyl (C=O) groups excluding carboxylic acids is 3. The third kappa shape index (κ3) is 9.52. The van der Waals surface area contributed by atoms with Gasteiger partial charge in [0.05, 0.1) is 29.8 Å². The highest BCUT2D eigenvalue weighted by molar-refractivity contribution is 5.83. The summed E-state index contributed by atoms with van der Waals surface area (Å²) in [5, 5.41) is 36.7. The van der Waals surface area contributed by atoms with Crippen LogP contribution < -0.4 is 5.32 Å². The van der Waals surface area contributed by atoms with Crippen molar-refractivity contribution >= 4 is 17.8 Å². The highest BCUT2D eigenvalue weighted by Crippen LogP contribution is 2.40. The van der Waals surface area contributed by atoms with Crippen LogP contribution in [0, 0.1) is 23.7 Å². The van der Waals surface area contributed by atoms with Gasteiger partial charge < -0.3 is 49.2 Å². The molecule has 4 N–H and O–H groups in total. The maximum atomic E-state index is 13.8. The molecule has 13 nitrogen and oxygen atoms in total. The SMILES string of the molecule is C=CCNC(=O)O[C@H]1[C@H](C)[C@@H](O[C@@H]2O[C@H](C)C[C@H](N(C)C)[C@H]2O)[C@](C)(OC)C[C@@H](C)C(=O)[C@H](C)[C@@H](O)[C@](C)(O)[C@@H](CC)OC(=O)[C@@H]1C. The van der Waals surface area contributed by atoms with Gasteiger partial charge in [-0.2, -0.15) is 0 Å². The largest absolute Gasteiger partial charge is 0.459 e. The van der Waals surface area contributed by atoms with Gasteiger partial charge in [0.2, 0.25) is 0 Å². The summed E-state index contributed by atoms with van der Waals surface area (Å²) in [6.07, 6.45) is -5.99. The summed E-state index contributed by atoms with van der Waals surface area (Å²) in [4.78, 5) is 42.5. The van der Waals surface area contributed by atoms with Crippen LogP contribution in [0.2, 0.25) is 0 Å². The topological polar surface area (TPSA) is 173 Å². The molecule has 2 fully saturated rings. The van der Waals surface area contributed by atoms with E-state index in [4.69, 9.17) is 23.7 Å². The molecule has 0 spiro atoms. The Morgan fingerprint density at radius 1 is 1.13 bits per heavy atom. The van der Waals surface area contributed by atoms with Crippen LogP contribution in [0.25, 0.3) is 0 Å². The zero-order valence-electron chi connectivity index (χ0n) is 30.1. The predicted octanol–water partition coefficient (Wildman–Crippen LogP) is 2.43. The van der Waals surface area contributed by atoms with Crippen molar-refractivity contribution in [2.24, 2.45) is 23.7 Å². The van der Waals surface area contributed by atoms with E-state index in [-0.39, 0.29) is 37.3 Å². The van der Waals surface area contributed by atoms with Crippen molar-refractivity contribution in [2.75, 3.05) is 27.7 Å². The van der Waals surface area contributed by atoms with Crippen LogP contribution in [0.4, 0.5) is 4.79 Å². The Balaban J connectivity index is 2.76. The van der Waals surface area contributed by atoms with Gasteiger partial charge in [-0.15, -0.1) is 6.58 Å². The van der Waals surface area contributed by atoms with Crippen molar-refractivity contribution in [2.45, 2.75) is 135 Å². The number of rotatable bonds is 8. The average Bonchev–Trinajstić information content (AvgIpc) is 3.02. The summed E-state index contributed by atoms with van der Waals surface area (Å²) in [6.45, 7) is 16.9. The summed E-state index contributed by atoms with van der Waals surface area (Å²) in [5.41, 5.74) is -3.26. The van der Waals surface area contributed by atoms with Crippen molar-refractivity contribution in [1.82, 2.24) is 10.2 Å². The Hall–Kier alpha value is -2.13. The van der Waals surface area contributed by atoms with Gasteiger partial charge in [0.15, 0.2) is 6.29 Å². The number of nitrogens with one attached hydrogen (secondary N) is 1. The van der Waals surface area contributed by atoms with E-state index in [2.05, 4.69) is 11.9 Å². The number of cyclic esters (lactones) is 1. The van der Waals surface area contributed by atoms with E-state index in [9.17, 15) is 29.7 Å². The van der Waals surface area contributed by atoms with Gasteiger partial charge >= 0.3 is 12.1 Å². The van der Waals surface area contributed by atoms with Crippen LogP contribution in [0.5, 0.6) is 0 Å². The third-order valence-corrected chi connectivity index (χ3v) is 10.1. The molecular formula is C34H60N2O11. The van der Waals surface area contributed by atoms with E-state index in [1.807, 2.05) is 25.9 Å². The summed E-state index contributed by atoms with van der Waals surface area (Å²) < 4.78 is 30.6. The first-order valence-corrected chi connectivity index (χ1v) is 16.7. The number of carbonyl (C=O) groups is 3.